The zero-order valence-corrected chi connectivity index (χ0v) is 18.4. The average Bonchev–Trinajstić information content (AvgIpc) is 2.57. The van der Waals surface area contributed by atoms with Crippen molar-refractivity contribution in [2.45, 2.75) is 31.6 Å². The van der Waals surface area contributed by atoms with E-state index in [0.29, 0.717) is 24.8 Å². The predicted molar refractivity (Wildman–Crippen MR) is 115 cm³/mol. The first kappa shape index (κ1) is 24.3. The third-order valence-electron chi connectivity index (χ3n) is 3.28. The van der Waals surface area contributed by atoms with Crippen LogP contribution in [0.3, 0.4) is 0 Å². The summed E-state index contributed by atoms with van der Waals surface area (Å²) in [5.41, 5.74) is 0. The molecule has 0 radical (unpaired) electrons. The van der Waals surface area contributed by atoms with Crippen LogP contribution >= 0.6 is 35.7 Å². The molecule has 0 fully saturated rings. The Labute approximate surface area is 171 Å². The number of ether oxygens (including phenoxy) is 1. The normalized spacial score (nSPS) is 13.0. The zero-order valence-electron chi connectivity index (χ0n) is 15.2. The topological polar surface area (TPSA) is 65.9 Å². The highest BCUT2D eigenvalue weighted by atomic mass is 127. The summed E-state index contributed by atoms with van der Waals surface area (Å²) in [4.78, 5) is 4.54. The smallest absolute Gasteiger partial charge is 0.191 e. The van der Waals surface area contributed by atoms with Crippen LogP contribution in [0.2, 0.25) is 0 Å². The van der Waals surface area contributed by atoms with E-state index in [1.807, 2.05) is 6.92 Å². The lowest BCUT2D eigenvalue weighted by atomic mass is 10.2. The molecule has 8 heteroatoms. The van der Waals surface area contributed by atoms with Crippen molar-refractivity contribution in [1.29, 1.82) is 0 Å². The van der Waals surface area contributed by atoms with Crippen molar-refractivity contribution in [2.24, 2.45) is 4.99 Å². The molecule has 0 saturated heterocycles. The van der Waals surface area contributed by atoms with Crippen LogP contribution in [0.15, 0.2) is 29.3 Å². The van der Waals surface area contributed by atoms with Gasteiger partial charge in [-0.1, -0.05) is 0 Å². The van der Waals surface area contributed by atoms with Gasteiger partial charge < -0.3 is 20.5 Å². The molecule has 144 valence electrons. The van der Waals surface area contributed by atoms with Gasteiger partial charge in [0, 0.05) is 17.8 Å². The Morgan fingerprint density at radius 2 is 1.96 bits per heavy atom. The molecule has 0 spiro atoms. The highest BCUT2D eigenvalue weighted by molar-refractivity contribution is 14.0. The minimum atomic E-state index is -0.701. The molecular weight excluding hydrogens is 456 g/mol. The van der Waals surface area contributed by atoms with Crippen LogP contribution < -0.4 is 15.4 Å². The number of aliphatic hydroxyl groups is 1. The molecule has 0 heterocycles. The molecule has 5 nitrogen and oxygen atoms in total. The monoisotopic (exact) mass is 485 g/mol. The van der Waals surface area contributed by atoms with E-state index in [2.05, 4.69) is 35.7 Å². The molecule has 1 aromatic carbocycles. The summed E-state index contributed by atoms with van der Waals surface area (Å²) >= 11 is 1.76. The van der Waals surface area contributed by atoms with Gasteiger partial charge in [-0.05, 0) is 51.3 Å². The van der Waals surface area contributed by atoms with Crippen LogP contribution in [0.4, 0.5) is 4.39 Å². The van der Waals surface area contributed by atoms with Crippen molar-refractivity contribution >= 4 is 41.7 Å². The third kappa shape index (κ3) is 10.8. The van der Waals surface area contributed by atoms with Crippen LogP contribution in [0.5, 0.6) is 5.75 Å². The molecule has 0 bridgehead atoms. The van der Waals surface area contributed by atoms with E-state index in [1.54, 1.807) is 11.8 Å². The number of nitrogens with zero attached hydrogens (tertiary/aromatic N) is 1. The van der Waals surface area contributed by atoms with Gasteiger partial charge in [0.1, 0.15) is 24.3 Å². The SMILES string of the molecule is CCNC(=NCC(C)(C)SC)NCC(O)COc1ccc(F)cc1.I. The summed E-state index contributed by atoms with van der Waals surface area (Å²) in [6.07, 6.45) is 1.36. The molecular formula is C17H29FIN3O2S. The lowest BCUT2D eigenvalue weighted by Gasteiger charge is -2.21. The average molecular weight is 485 g/mol. The second kappa shape index (κ2) is 12.6. The van der Waals surface area contributed by atoms with E-state index in [0.717, 1.165) is 6.54 Å². The minimum absolute atomic E-state index is 0. The minimum Gasteiger partial charge on any atom is -0.491 e. The van der Waals surface area contributed by atoms with Crippen molar-refractivity contribution in [3.8, 4) is 5.75 Å². The van der Waals surface area contributed by atoms with Gasteiger partial charge >= 0.3 is 0 Å². The molecule has 0 aromatic heterocycles. The molecule has 0 saturated carbocycles. The Morgan fingerprint density at radius 1 is 1.32 bits per heavy atom. The number of nitrogens with one attached hydrogen (secondary N) is 2. The number of rotatable bonds is 9. The Hall–Kier alpha value is -0.740. The Morgan fingerprint density at radius 3 is 2.52 bits per heavy atom. The van der Waals surface area contributed by atoms with Crippen LogP contribution in [0.1, 0.15) is 20.8 Å². The second-order valence-electron chi connectivity index (χ2n) is 5.96. The van der Waals surface area contributed by atoms with Gasteiger partial charge in [-0.3, -0.25) is 4.99 Å². The molecule has 25 heavy (non-hydrogen) atoms. The Bertz CT molecular complexity index is 515. The fourth-order valence-corrected chi connectivity index (χ4v) is 1.87. The predicted octanol–water partition coefficient (Wildman–Crippen LogP) is 2.88. The fraction of sp³-hybridized carbons (Fsp3) is 0.588. The molecule has 0 aliphatic rings. The largest absolute Gasteiger partial charge is 0.491 e. The van der Waals surface area contributed by atoms with Gasteiger partial charge in [0.15, 0.2) is 5.96 Å². The van der Waals surface area contributed by atoms with Crippen LogP contribution in [0.25, 0.3) is 0 Å². The highest BCUT2D eigenvalue weighted by Crippen LogP contribution is 2.20. The number of hydrogen-bond acceptors (Lipinski definition) is 4. The number of guanidine groups is 1. The van der Waals surface area contributed by atoms with E-state index < -0.39 is 6.10 Å². The standard InChI is InChI=1S/C17H28FN3O2S.HI/c1-5-19-16(21-12-17(2,3)24-4)20-10-14(22)11-23-15-8-6-13(18)7-9-15;/h6-9,14,22H,5,10-12H2,1-4H3,(H2,19,20,21);1H. The molecule has 1 unspecified atom stereocenters. The second-order valence-corrected chi connectivity index (χ2v) is 7.47. The summed E-state index contributed by atoms with van der Waals surface area (Å²) in [6.45, 7) is 8.11. The Balaban J connectivity index is 0.00000576. The lowest BCUT2D eigenvalue weighted by molar-refractivity contribution is 0.110. The Kier molecular flexibility index (Phi) is 12.2. The quantitative estimate of drug-likeness (QED) is 0.285. The maximum Gasteiger partial charge on any atom is 0.191 e. The molecule has 3 N–H and O–H groups in total. The van der Waals surface area contributed by atoms with Gasteiger partial charge in [0.05, 0.1) is 6.54 Å². The summed E-state index contributed by atoms with van der Waals surface area (Å²) in [5.74, 6) is 0.877. The molecule has 1 aromatic rings. The molecule has 1 atom stereocenters. The number of halogens is 2. The summed E-state index contributed by atoms with van der Waals surface area (Å²) in [7, 11) is 0. The number of benzene rings is 1. The summed E-state index contributed by atoms with van der Waals surface area (Å²) in [5, 5.41) is 16.3. The highest BCUT2D eigenvalue weighted by Gasteiger charge is 2.15. The van der Waals surface area contributed by atoms with E-state index in [1.165, 1.54) is 24.3 Å². The number of aliphatic hydroxyl groups excluding tert-OH is 1. The molecule has 0 aliphatic heterocycles. The van der Waals surface area contributed by atoms with E-state index in [4.69, 9.17) is 4.74 Å². The van der Waals surface area contributed by atoms with Gasteiger partial charge in [0.2, 0.25) is 0 Å². The van der Waals surface area contributed by atoms with Crippen LogP contribution in [0, 0.1) is 5.82 Å². The van der Waals surface area contributed by atoms with Gasteiger partial charge in [-0.25, -0.2) is 4.39 Å². The van der Waals surface area contributed by atoms with Crippen LogP contribution in [-0.2, 0) is 0 Å². The van der Waals surface area contributed by atoms with Crippen molar-refractivity contribution in [2.75, 3.05) is 32.5 Å². The number of thioether (sulfide) groups is 1. The molecule has 0 aliphatic carbocycles. The summed E-state index contributed by atoms with van der Waals surface area (Å²) < 4.78 is 18.3. The van der Waals surface area contributed by atoms with Crippen molar-refractivity contribution in [3.05, 3.63) is 30.1 Å². The number of aliphatic imine (C=N–C) groups is 1. The maximum atomic E-state index is 12.8. The van der Waals surface area contributed by atoms with Crippen LogP contribution in [-0.4, -0.2) is 54.4 Å². The lowest BCUT2D eigenvalue weighted by Crippen LogP contribution is -2.43. The fourth-order valence-electron chi connectivity index (χ4n) is 1.67. The summed E-state index contributed by atoms with van der Waals surface area (Å²) in [6, 6.07) is 5.71. The van der Waals surface area contributed by atoms with Gasteiger partial charge in [-0.15, -0.1) is 24.0 Å². The first-order chi connectivity index (χ1) is 11.4. The molecule has 0 amide bonds. The van der Waals surface area contributed by atoms with E-state index in [9.17, 15) is 9.50 Å². The maximum absolute atomic E-state index is 12.8. The first-order valence-corrected chi connectivity index (χ1v) is 9.22. The zero-order chi connectivity index (χ0) is 18.0. The number of hydrogen-bond donors (Lipinski definition) is 3. The van der Waals surface area contributed by atoms with Crippen molar-refractivity contribution in [1.82, 2.24) is 10.6 Å². The van der Waals surface area contributed by atoms with E-state index >= 15 is 0 Å². The van der Waals surface area contributed by atoms with Gasteiger partial charge in [0.25, 0.3) is 0 Å². The first-order valence-electron chi connectivity index (χ1n) is 8.00. The van der Waals surface area contributed by atoms with Crippen molar-refractivity contribution < 1.29 is 14.2 Å². The van der Waals surface area contributed by atoms with Crippen molar-refractivity contribution in [3.63, 3.8) is 0 Å². The molecule has 1 rings (SSSR count). The van der Waals surface area contributed by atoms with Gasteiger partial charge in [-0.2, -0.15) is 11.8 Å². The van der Waals surface area contributed by atoms with E-state index in [-0.39, 0.29) is 41.1 Å². The third-order valence-corrected chi connectivity index (χ3v) is 4.51.